The first-order chi connectivity index (χ1) is 18.9. The lowest BCUT2D eigenvalue weighted by Gasteiger charge is -2.23. The van der Waals surface area contributed by atoms with Crippen LogP contribution in [-0.4, -0.2) is 97.5 Å². The zero-order chi connectivity index (χ0) is 28.9. The van der Waals surface area contributed by atoms with E-state index < -0.39 is 79.9 Å². The van der Waals surface area contributed by atoms with Crippen molar-refractivity contribution in [3.05, 3.63) is 33.5 Å². The molecule has 0 bridgehead atoms. The van der Waals surface area contributed by atoms with Crippen molar-refractivity contribution in [2.75, 3.05) is 24.7 Å². The van der Waals surface area contributed by atoms with Gasteiger partial charge in [0.1, 0.15) is 41.5 Å². The molecule has 2 fully saturated rings. The first-order valence-electron chi connectivity index (χ1n) is 11.4. The Balaban J connectivity index is 1.28. The summed E-state index contributed by atoms with van der Waals surface area (Å²) in [6, 6.07) is 0. The number of aromatic amines is 1. The molecule has 0 aromatic carbocycles. The maximum Gasteiger partial charge on any atom is 0.472 e. The number of nitrogens with one attached hydrogen (secondary N) is 1. The molecule has 0 spiro atoms. The predicted molar refractivity (Wildman–Crippen MR) is 134 cm³/mol. The zero-order valence-corrected chi connectivity index (χ0v) is 22.3. The minimum absolute atomic E-state index is 0.0147. The van der Waals surface area contributed by atoms with Crippen molar-refractivity contribution in [2.24, 2.45) is 0 Å². The van der Waals surface area contributed by atoms with E-state index in [2.05, 4.69) is 24.9 Å². The van der Waals surface area contributed by atoms with Gasteiger partial charge in [0.15, 0.2) is 23.6 Å². The van der Waals surface area contributed by atoms with Crippen molar-refractivity contribution >= 4 is 54.1 Å². The maximum atomic E-state index is 12.8. The summed E-state index contributed by atoms with van der Waals surface area (Å²) in [5.41, 5.74) is 9.47. The lowest BCUT2D eigenvalue weighted by molar-refractivity contribution is -0.0567. The molecule has 0 amide bonds. The summed E-state index contributed by atoms with van der Waals surface area (Å²) in [5, 5.41) is 17.9. The van der Waals surface area contributed by atoms with Crippen LogP contribution < -0.4 is 22.7 Å². The molecule has 22 heteroatoms. The molecular formula is C18H22Cl2N9O10P. The van der Waals surface area contributed by atoms with Crippen LogP contribution in [0.25, 0.3) is 11.2 Å². The average Bonchev–Trinajstić information content (AvgIpc) is 3.53. The smallest absolute Gasteiger partial charge is 0.394 e. The van der Waals surface area contributed by atoms with E-state index in [0.717, 1.165) is 10.9 Å². The molecule has 9 atom stereocenters. The number of halogens is 2. The van der Waals surface area contributed by atoms with E-state index in [1.807, 2.05) is 0 Å². The maximum absolute atomic E-state index is 12.8. The van der Waals surface area contributed by atoms with Crippen molar-refractivity contribution in [2.45, 2.75) is 47.6 Å². The number of nitrogens with two attached hydrogens (primary N) is 2. The van der Waals surface area contributed by atoms with E-state index in [1.165, 1.54) is 10.9 Å². The number of ether oxygens (including phenoxy) is 2. The number of phosphoric ester groups is 1. The lowest BCUT2D eigenvalue weighted by Crippen LogP contribution is -2.34. The van der Waals surface area contributed by atoms with Gasteiger partial charge in [-0.05, 0) is 0 Å². The third-order valence-corrected chi connectivity index (χ3v) is 8.06. The molecule has 218 valence electrons. The highest BCUT2D eigenvalue weighted by molar-refractivity contribution is 7.47. The van der Waals surface area contributed by atoms with Crippen LogP contribution in [0.2, 0.25) is 0 Å². The number of imidazole rings is 1. The number of fused-ring (bicyclic) bond motifs is 1. The van der Waals surface area contributed by atoms with Gasteiger partial charge in [-0.15, -0.1) is 23.2 Å². The van der Waals surface area contributed by atoms with Gasteiger partial charge in [-0.3, -0.25) is 28.0 Å². The second-order valence-electron chi connectivity index (χ2n) is 8.71. The number of hydrogen-bond acceptors (Lipinski definition) is 15. The number of phosphoric acid groups is 1. The fraction of sp³-hybridized carbons (Fsp3) is 0.556. The molecule has 3 aromatic rings. The van der Waals surface area contributed by atoms with Crippen molar-refractivity contribution in [1.82, 2.24) is 34.1 Å². The number of anilines is 2. The van der Waals surface area contributed by atoms with Crippen LogP contribution in [0, 0.1) is 0 Å². The molecule has 5 rings (SSSR count). The average molecular weight is 626 g/mol. The largest absolute Gasteiger partial charge is 0.472 e. The Bertz CT molecular complexity index is 1570. The van der Waals surface area contributed by atoms with Gasteiger partial charge in [-0.25, -0.2) is 19.3 Å². The molecule has 3 aromatic heterocycles. The Hall–Kier alpha value is -2.71. The normalized spacial score (nSPS) is 32.0. The highest BCUT2D eigenvalue weighted by atomic mass is 35.5. The van der Waals surface area contributed by atoms with Crippen molar-refractivity contribution in [3.8, 4) is 0 Å². The number of rotatable bonds is 8. The number of aromatic nitrogens is 7. The van der Waals surface area contributed by atoms with Crippen molar-refractivity contribution in [1.29, 1.82) is 0 Å². The summed E-state index contributed by atoms with van der Waals surface area (Å²) in [4.78, 5) is 52.0. The summed E-state index contributed by atoms with van der Waals surface area (Å²) in [7, 11) is -4.94. The Kier molecular flexibility index (Phi) is 7.87. The van der Waals surface area contributed by atoms with Crippen LogP contribution in [0.15, 0.2) is 22.2 Å². The molecule has 3 unspecified atom stereocenters. The van der Waals surface area contributed by atoms with E-state index >= 15 is 0 Å². The molecule has 8 N–H and O–H groups in total. The Labute approximate surface area is 232 Å². The van der Waals surface area contributed by atoms with E-state index in [4.69, 9.17) is 53.2 Å². The standard InChI is InChI=1S/C18H22Cl2N9O10P/c19-7-10(31)6(38-14(7)29-4-24-16(21)27-18(29)33)2-36-40(34,35)39-11-5(1-30)37-15(8(11)20)28-3-23-9-12(28)25-17(22)26-13(9)32/h3-8,10-11,14-15,30-31H,1-2H2,(H,34,35)(H2,21,27,33)(H3,22,25,26,32)/t5-,6-,7?,8+,10+,11?,14-,15-/m1/s1. The van der Waals surface area contributed by atoms with Gasteiger partial charge < -0.3 is 36.0 Å². The summed E-state index contributed by atoms with van der Waals surface area (Å²) < 4.78 is 36.5. The minimum atomic E-state index is -4.94. The number of alkyl halides is 2. The zero-order valence-electron chi connectivity index (χ0n) is 19.9. The Morgan fingerprint density at radius 2 is 1.75 bits per heavy atom. The third-order valence-electron chi connectivity index (χ3n) is 6.14. The summed E-state index contributed by atoms with van der Waals surface area (Å²) in [6.07, 6.45) is -5.51. The van der Waals surface area contributed by atoms with Crippen LogP contribution in [-0.2, 0) is 23.1 Å². The first-order valence-corrected chi connectivity index (χ1v) is 13.7. The Morgan fingerprint density at radius 3 is 2.45 bits per heavy atom. The van der Waals surface area contributed by atoms with Gasteiger partial charge in [-0.2, -0.15) is 9.97 Å². The number of aliphatic hydroxyl groups excluding tert-OH is 2. The van der Waals surface area contributed by atoms with Gasteiger partial charge >= 0.3 is 13.5 Å². The van der Waals surface area contributed by atoms with Crippen LogP contribution in [0.5, 0.6) is 0 Å². The monoisotopic (exact) mass is 625 g/mol. The van der Waals surface area contributed by atoms with Gasteiger partial charge in [0, 0.05) is 0 Å². The van der Waals surface area contributed by atoms with E-state index in [9.17, 15) is 29.3 Å². The third kappa shape index (κ3) is 5.32. The number of nitrogens with zero attached hydrogens (tertiary/aromatic N) is 6. The van der Waals surface area contributed by atoms with E-state index in [-0.39, 0.29) is 23.1 Å². The molecule has 19 nitrogen and oxygen atoms in total. The number of hydrogen-bond donors (Lipinski definition) is 6. The fourth-order valence-corrected chi connectivity index (χ4v) is 6.05. The second kappa shape index (κ2) is 10.9. The van der Waals surface area contributed by atoms with Crippen LogP contribution >= 0.6 is 31.0 Å². The lowest BCUT2D eigenvalue weighted by atomic mass is 10.2. The van der Waals surface area contributed by atoms with Gasteiger partial charge in [0.2, 0.25) is 11.9 Å². The highest BCUT2D eigenvalue weighted by Crippen LogP contribution is 2.50. The number of nitrogen functional groups attached to an aromatic ring is 2. The van der Waals surface area contributed by atoms with Crippen molar-refractivity contribution in [3.63, 3.8) is 0 Å². The van der Waals surface area contributed by atoms with Gasteiger partial charge in [-0.1, -0.05) is 0 Å². The molecule has 0 aliphatic carbocycles. The Morgan fingerprint density at radius 1 is 1.07 bits per heavy atom. The first kappa shape index (κ1) is 28.8. The van der Waals surface area contributed by atoms with Gasteiger partial charge in [0.25, 0.3) is 5.56 Å². The molecule has 2 aliphatic rings. The van der Waals surface area contributed by atoms with Crippen LogP contribution in [0.1, 0.15) is 12.5 Å². The predicted octanol–water partition coefficient (Wildman–Crippen LogP) is -2.20. The van der Waals surface area contributed by atoms with Crippen LogP contribution in [0.4, 0.5) is 11.9 Å². The molecule has 0 radical (unpaired) electrons. The molecule has 0 saturated carbocycles. The fourth-order valence-electron chi connectivity index (χ4n) is 4.27. The van der Waals surface area contributed by atoms with Crippen LogP contribution in [0.3, 0.4) is 0 Å². The summed E-state index contributed by atoms with van der Waals surface area (Å²) >= 11 is 12.7. The van der Waals surface area contributed by atoms with Gasteiger partial charge in [0.05, 0.1) is 19.5 Å². The quantitative estimate of drug-likeness (QED) is 0.114. The molecule has 2 aliphatic heterocycles. The van der Waals surface area contributed by atoms with E-state index in [0.29, 0.717) is 0 Å². The number of aliphatic hydroxyl groups is 2. The molecule has 5 heterocycles. The number of H-pyrrole nitrogens is 1. The SMILES string of the molecule is Nc1ncn([C@@H]2O[C@H](COP(=O)(O)OC3[C@@H](CO)O[C@@H](n4cnc5c(=O)[nH]c(N)nc54)[C@H]3Cl)[C@H](O)C2Cl)c(=O)n1. The van der Waals surface area contributed by atoms with E-state index in [1.54, 1.807) is 0 Å². The molecule has 40 heavy (non-hydrogen) atoms. The summed E-state index contributed by atoms with van der Waals surface area (Å²) in [6.45, 7) is -1.38. The minimum Gasteiger partial charge on any atom is -0.394 e. The summed E-state index contributed by atoms with van der Waals surface area (Å²) in [5.74, 6) is -0.481. The second-order valence-corrected chi connectivity index (χ2v) is 11.1. The van der Waals surface area contributed by atoms with Crippen molar-refractivity contribution < 1.29 is 38.2 Å². The molecular weight excluding hydrogens is 604 g/mol. The molecule has 2 saturated heterocycles. The highest BCUT2D eigenvalue weighted by Gasteiger charge is 2.50. The topological polar surface area (TPSA) is 278 Å².